The quantitative estimate of drug-likeness (QED) is 0.671. The van der Waals surface area contributed by atoms with Crippen molar-refractivity contribution in [3.8, 4) is 17.8 Å². The molecule has 1 aliphatic rings. The lowest BCUT2D eigenvalue weighted by atomic mass is 9.95. The molecule has 1 aliphatic carbocycles. The van der Waals surface area contributed by atoms with Crippen LogP contribution in [0.25, 0.3) is 5.69 Å². The van der Waals surface area contributed by atoms with E-state index in [0.717, 1.165) is 6.42 Å². The van der Waals surface area contributed by atoms with E-state index >= 15 is 0 Å². The molecular formula is C17H13F3N6. The molecule has 0 atom stereocenters. The summed E-state index contributed by atoms with van der Waals surface area (Å²) in [5.74, 6) is 0. The predicted molar refractivity (Wildman–Crippen MR) is 87.5 cm³/mol. The number of para-hydroxylation sites is 2. The van der Waals surface area contributed by atoms with Crippen LogP contribution in [0, 0.1) is 22.7 Å². The number of anilines is 1. The maximum absolute atomic E-state index is 13.4. The Kier molecular flexibility index (Phi) is 4.63. The molecule has 26 heavy (non-hydrogen) atoms. The van der Waals surface area contributed by atoms with Gasteiger partial charge in [-0.1, -0.05) is 12.1 Å². The highest BCUT2D eigenvalue weighted by molar-refractivity contribution is 6.10. The molecule has 0 aliphatic heterocycles. The Morgan fingerprint density at radius 2 is 1.85 bits per heavy atom. The number of fused-ring (bicyclic) bond motifs is 1. The van der Waals surface area contributed by atoms with Crippen molar-refractivity contribution in [1.82, 2.24) is 9.78 Å². The standard InChI is InChI=1S/C17H13F3N6/c18-17(19,20)16-12-5-1-3-7-14(12)26(25-16)15-8-4-2-6-13(15)24-23-11(9-21)10-22/h2,4,6,8,24H,1,3,5,7H2. The molecule has 2 aromatic rings. The zero-order chi connectivity index (χ0) is 18.7. The van der Waals surface area contributed by atoms with Crippen molar-refractivity contribution in [2.24, 2.45) is 5.10 Å². The Morgan fingerprint density at radius 1 is 1.15 bits per heavy atom. The number of hydrogen-bond acceptors (Lipinski definition) is 5. The third kappa shape index (κ3) is 3.24. The summed E-state index contributed by atoms with van der Waals surface area (Å²) >= 11 is 0. The second kappa shape index (κ2) is 6.89. The first kappa shape index (κ1) is 17.5. The Bertz CT molecular complexity index is 927. The van der Waals surface area contributed by atoms with Gasteiger partial charge in [-0.2, -0.15) is 33.9 Å². The fourth-order valence-corrected chi connectivity index (χ4v) is 2.97. The zero-order valence-corrected chi connectivity index (χ0v) is 13.5. The van der Waals surface area contributed by atoms with Gasteiger partial charge in [0.2, 0.25) is 5.71 Å². The van der Waals surface area contributed by atoms with Gasteiger partial charge in [-0.3, -0.25) is 5.43 Å². The number of hydrazone groups is 1. The first-order valence-electron chi connectivity index (χ1n) is 7.87. The van der Waals surface area contributed by atoms with Gasteiger partial charge in [-0.05, 0) is 37.8 Å². The smallest absolute Gasteiger partial charge is 0.274 e. The minimum absolute atomic E-state index is 0.233. The van der Waals surface area contributed by atoms with E-state index < -0.39 is 17.6 Å². The number of benzene rings is 1. The lowest BCUT2D eigenvalue weighted by molar-refractivity contribution is -0.142. The van der Waals surface area contributed by atoms with Crippen LogP contribution in [-0.2, 0) is 19.0 Å². The molecule has 0 bridgehead atoms. The van der Waals surface area contributed by atoms with E-state index in [1.165, 1.54) is 4.68 Å². The van der Waals surface area contributed by atoms with Crippen LogP contribution in [0.2, 0.25) is 0 Å². The van der Waals surface area contributed by atoms with Gasteiger partial charge in [-0.15, -0.1) is 0 Å². The monoisotopic (exact) mass is 358 g/mol. The molecule has 1 heterocycles. The van der Waals surface area contributed by atoms with Crippen LogP contribution in [0.1, 0.15) is 29.8 Å². The topological polar surface area (TPSA) is 89.8 Å². The van der Waals surface area contributed by atoms with E-state index in [9.17, 15) is 13.2 Å². The minimum Gasteiger partial charge on any atom is -0.274 e. The second-order valence-corrected chi connectivity index (χ2v) is 5.70. The predicted octanol–water partition coefficient (Wildman–Crippen LogP) is 3.58. The fraction of sp³-hybridized carbons (Fsp3) is 0.294. The minimum atomic E-state index is -4.53. The van der Waals surface area contributed by atoms with Crippen molar-refractivity contribution in [1.29, 1.82) is 10.5 Å². The van der Waals surface area contributed by atoms with Crippen molar-refractivity contribution < 1.29 is 13.2 Å². The molecule has 0 fully saturated rings. The van der Waals surface area contributed by atoms with Gasteiger partial charge in [0.1, 0.15) is 12.1 Å². The van der Waals surface area contributed by atoms with E-state index in [-0.39, 0.29) is 5.56 Å². The highest BCUT2D eigenvalue weighted by Crippen LogP contribution is 2.37. The number of hydrogen-bond donors (Lipinski definition) is 1. The summed E-state index contributed by atoms with van der Waals surface area (Å²) in [5, 5.41) is 25.0. The average molecular weight is 358 g/mol. The SMILES string of the molecule is N#CC(C#N)=NNc1ccccc1-n1nc(C(F)(F)F)c2c1CCCC2. The largest absolute Gasteiger partial charge is 0.435 e. The lowest BCUT2D eigenvalue weighted by Crippen LogP contribution is -2.11. The Hall–Kier alpha value is -3.33. The highest BCUT2D eigenvalue weighted by Gasteiger charge is 2.39. The second-order valence-electron chi connectivity index (χ2n) is 5.70. The summed E-state index contributed by atoms with van der Waals surface area (Å²) in [7, 11) is 0. The molecule has 0 saturated carbocycles. The van der Waals surface area contributed by atoms with E-state index in [2.05, 4.69) is 15.6 Å². The molecule has 1 aromatic heterocycles. The fourth-order valence-electron chi connectivity index (χ4n) is 2.97. The Labute approximate surface area is 147 Å². The Morgan fingerprint density at radius 3 is 2.54 bits per heavy atom. The molecule has 0 unspecified atom stereocenters. The number of nitrogens with one attached hydrogen (secondary N) is 1. The highest BCUT2D eigenvalue weighted by atomic mass is 19.4. The van der Waals surface area contributed by atoms with Crippen molar-refractivity contribution in [2.45, 2.75) is 31.9 Å². The molecule has 0 spiro atoms. The van der Waals surface area contributed by atoms with E-state index in [0.29, 0.717) is 36.3 Å². The van der Waals surface area contributed by atoms with Crippen LogP contribution in [0.5, 0.6) is 0 Å². The molecule has 9 heteroatoms. The van der Waals surface area contributed by atoms with Crippen LogP contribution in [-0.4, -0.2) is 15.5 Å². The van der Waals surface area contributed by atoms with Crippen LogP contribution in [0.15, 0.2) is 29.4 Å². The summed E-state index contributed by atoms with van der Waals surface area (Å²) in [6.07, 6.45) is -2.21. The normalized spacial score (nSPS) is 13.3. The van der Waals surface area contributed by atoms with E-state index in [4.69, 9.17) is 10.5 Å². The molecular weight excluding hydrogens is 345 g/mol. The van der Waals surface area contributed by atoms with Crippen LogP contribution < -0.4 is 5.43 Å². The number of halogens is 3. The van der Waals surface area contributed by atoms with Crippen LogP contribution in [0.3, 0.4) is 0 Å². The number of aromatic nitrogens is 2. The van der Waals surface area contributed by atoms with Crippen molar-refractivity contribution in [2.75, 3.05) is 5.43 Å². The zero-order valence-electron chi connectivity index (χ0n) is 13.5. The maximum Gasteiger partial charge on any atom is 0.435 e. The van der Waals surface area contributed by atoms with Gasteiger partial charge in [0.25, 0.3) is 0 Å². The van der Waals surface area contributed by atoms with Crippen molar-refractivity contribution >= 4 is 11.4 Å². The molecule has 132 valence electrons. The summed E-state index contributed by atoms with van der Waals surface area (Å²) in [6, 6.07) is 9.76. The molecule has 0 saturated heterocycles. The lowest BCUT2D eigenvalue weighted by Gasteiger charge is -2.16. The summed E-state index contributed by atoms with van der Waals surface area (Å²) in [4.78, 5) is 0. The van der Waals surface area contributed by atoms with Gasteiger partial charge < -0.3 is 0 Å². The summed E-state index contributed by atoms with van der Waals surface area (Å²) in [6.45, 7) is 0. The average Bonchev–Trinajstić information content (AvgIpc) is 3.03. The van der Waals surface area contributed by atoms with Gasteiger partial charge >= 0.3 is 6.18 Å². The van der Waals surface area contributed by atoms with Crippen molar-refractivity contribution in [3.63, 3.8) is 0 Å². The number of alkyl halides is 3. The maximum atomic E-state index is 13.4. The number of nitriles is 2. The first-order chi connectivity index (χ1) is 12.5. The van der Waals surface area contributed by atoms with E-state index in [1.54, 1.807) is 36.4 Å². The number of nitrogens with zero attached hydrogens (tertiary/aromatic N) is 5. The molecule has 1 N–H and O–H groups in total. The summed E-state index contributed by atoms with van der Waals surface area (Å²) < 4.78 is 41.4. The molecule has 0 radical (unpaired) electrons. The third-order valence-electron chi connectivity index (χ3n) is 4.08. The van der Waals surface area contributed by atoms with Crippen molar-refractivity contribution in [3.05, 3.63) is 41.2 Å². The van der Waals surface area contributed by atoms with Gasteiger partial charge in [0, 0.05) is 11.3 Å². The van der Waals surface area contributed by atoms with Gasteiger partial charge in [-0.25, -0.2) is 4.68 Å². The van der Waals surface area contributed by atoms with Crippen LogP contribution in [0.4, 0.5) is 18.9 Å². The third-order valence-corrected chi connectivity index (χ3v) is 4.08. The van der Waals surface area contributed by atoms with Crippen LogP contribution >= 0.6 is 0 Å². The molecule has 1 aromatic carbocycles. The van der Waals surface area contributed by atoms with Gasteiger partial charge in [0.15, 0.2) is 5.69 Å². The molecule has 0 amide bonds. The number of rotatable bonds is 3. The van der Waals surface area contributed by atoms with Gasteiger partial charge in [0.05, 0.1) is 11.4 Å². The Balaban J connectivity index is 2.11. The molecule has 6 nitrogen and oxygen atoms in total. The van der Waals surface area contributed by atoms with E-state index in [1.807, 2.05) is 0 Å². The molecule has 3 rings (SSSR count). The summed E-state index contributed by atoms with van der Waals surface area (Å²) in [5.41, 5.74) is 2.80. The first-order valence-corrected chi connectivity index (χ1v) is 7.87.